The lowest BCUT2D eigenvalue weighted by molar-refractivity contribution is -0.119. The molecule has 0 fully saturated rings. The van der Waals surface area contributed by atoms with Gasteiger partial charge in [0.1, 0.15) is 15.8 Å². The monoisotopic (exact) mass is 347 g/mol. The van der Waals surface area contributed by atoms with Gasteiger partial charge < -0.3 is 5.21 Å². The topological polar surface area (TPSA) is 108 Å². The van der Waals surface area contributed by atoms with Crippen LogP contribution in [0.5, 0.6) is 0 Å². The second-order valence-corrected chi connectivity index (χ2v) is 7.15. The number of thiol groups is 1. The summed E-state index contributed by atoms with van der Waals surface area (Å²) in [5.41, 5.74) is 4.72. The highest BCUT2D eigenvalue weighted by Gasteiger charge is 2.21. The van der Waals surface area contributed by atoms with Crippen LogP contribution in [0.3, 0.4) is 0 Å². The van der Waals surface area contributed by atoms with E-state index in [0.29, 0.717) is 5.56 Å². The fraction of sp³-hybridized carbons (Fsp3) is 0.182. The van der Waals surface area contributed by atoms with Crippen molar-refractivity contribution in [3.8, 4) is 0 Å². The van der Waals surface area contributed by atoms with Gasteiger partial charge in [-0.1, -0.05) is 47.7 Å². The molecule has 0 spiro atoms. The van der Waals surface area contributed by atoms with Gasteiger partial charge in [0, 0.05) is 5.56 Å². The molecule has 0 aromatic heterocycles. The number of oxime groups is 1. The first-order valence-electron chi connectivity index (χ1n) is 5.58. The summed E-state index contributed by atoms with van der Waals surface area (Å²) in [5, 5.41) is 11.9. The number of nitrogens with zero attached hydrogens (tertiary/aromatic N) is 1. The first kappa shape index (κ1) is 17.4. The second kappa shape index (κ2) is 7.96. The van der Waals surface area contributed by atoms with Crippen molar-refractivity contribution in [1.29, 1.82) is 0 Å². The van der Waals surface area contributed by atoms with Crippen molar-refractivity contribution in [2.75, 3.05) is 11.5 Å². The Hall–Kier alpha value is -1.65. The summed E-state index contributed by atoms with van der Waals surface area (Å²) in [6, 6.07) is 8.30. The lowest BCUT2D eigenvalue weighted by Crippen LogP contribution is -2.42. The number of nitrogens with one attached hydrogen (secondary N) is 2. The molecule has 0 bridgehead atoms. The largest absolute Gasteiger partial charge is 0.411 e. The van der Waals surface area contributed by atoms with Gasteiger partial charge in [-0.2, -0.15) is 0 Å². The molecule has 7 nitrogen and oxygen atoms in total. The molecule has 21 heavy (non-hydrogen) atoms. The van der Waals surface area contributed by atoms with Gasteiger partial charge in [0.2, 0.25) is 0 Å². The number of hydrogen-bond acceptors (Lipinski definition) is 6. The standard InChI is InChI=1S/C11H13N3O4S3/c15-10(12-13-11(19)20)7-21(17,18)6-9(14-16)8-4-2-1-3-5-8/h1-5,16H,6-7H2,(H,12,15)(H2,13,19,20)/b14-9-. The van der Waals surface area contributed by atoms with Crippen molar-refractivity contribution >= 4 is 50.6 Å². The minimum absolute atomic E-state index is 0.00245. The quantitative estimate of drug-likeness (QED) is 0.198. The van der Waals surface area contributed by atoms with Crippen LogP contribution in [0.1, 0.15) is 5.56 Å². The number of benzene rings is 1. The number of carbonyl (C=O) groups is 1. The maximum absolute atomic E-state index is 11.9. The number of thiocarbonyl (C=S) groups is 1. The van der Waals surface area contributed by atoms with Gasteiger partial charge in [0.15, 0.2) is 9.84 Å². The normalized spacial score (nSPS) is 11.8. The van der Waals surface area contributed by atoms with Crippen LogP contribution in [0.2, 0.25) is 0 Å². The Morgan fingerprint density at radius 1 is 1.24 bits per heavy atom. The smallest absolute Gasteiger partial charge is 0.253 e. The summed E-state index contributed by atoms with van der Waals surface area (Å²) >= 11 is 8.25. The van der Waals surface area contributed by atoms with E-state index >= 15 is 0 Å². The average molecular weight is 347 g/mol. The van der Waals surface area contributed by atoms with Crippen molar-refractivity contribution in [2.24, 2.45) is 5.16 Å². The average Bonchev–Trinajstić information content (AvgIpc) is 2.43. The molecule has 0 unspecified atom stereocenters. The molecule has 1 amide bonds. The van der Waals surface area contributed by atoms with Gasteiger partial charge in [0.05, 0.1) is 5.75 Å². The predicted molar refractivity (Wildman–Crippen MR) is 86.3 cm³/mol. The van der Waals surface area contributed by atoms with E-state index in [-0.39, 0.29) is 10.0 Å². The van der Waals surface area contributed by atoms with Crippen LogP contribution in [0.15, 0.2) is 35.5 Å². The van der Waals surface area contributed by atoms with E-state index in [9.17, 15) is 13.2 Å². The number of rotatable bonds is 5. The maximum Gasteiger partial charge on any atom is 0.253 e. The van der Waals surface area contributed by atoms with E-state index in [2.05, 4.69) is 40.9 Å². The molecule has 0 heterocycles. The third kappa shape index (κ3) is 6.56. The Labute approximate surface area is 132 Å². The number of hydrazine groups is 1. The maximum atomic E-state index is 11.9. The molecule has 0 radical (unpaired) electrons. The van der Waals surface area contributed by atoms with E-state index in [1.807, 2.05) is 0 Å². The van der Waals surface area contributed by atoms with E-state index in [1.165, 1.54) is 0 Å². The molecule has 0 aliphatic heterocycles. The number of carbonyl (C=O) groups excluding carboxylic acids is 1. The highest BCUT2D eigenvalue weighted by molar-refractivity contribution is 8.11. The molecular weight excluding hydrogens is 334 g/mol. The molecule has 114 valence electrons. The van der Waals surface area contributed by atoms with Crippen LogP contribution in [0.25, 0.3) is 0 Å². The van der Waals surface area contributed by atoms with E-state index in [1.54, 1.807) is 30.3 Å². The van der Waals surface area contributed by atoms with Gasteiger partial charge in [-0.3, -0.25) is 15.6 Å². The van der Waals surface area contributed by atoms with Gasteiger partial charge >= 0.3 is 0 Å². The van der Waals surface area contributed by atoms with Gasteiger partial charge in [-0.15, -0.1) is 12.6 Å². The molecule has 3 N–H and O–H groups in total. The molecule has 1 aromatic rings. The van der Waals surface area contributed by atoms with Gasteiger partial charge in [-0.25, -0.2) is 8.42 Å². The van der Waals surface area contributed by atoms with Crippen LogP contribution >= 0.6 is 24.8 Å². The summed E-state index contributed by atoms with van der Waals surface area (Å²) in [4.78, 5) is 11.4. The molecular formula is C11H13N3O4S3. The van der Waals surface area contributed by atoms with Crippen molar-refractivity contribution in [3.05, 3.63) is 35.9 Å². The van der Waals surface area contributed by atoms with Crippen molar-refractivity contribution in [3.63, 3.8) is 0 Å². The predicted octanol–water partition coefficient (Wildman–Crippen LogP) is 0.115. The number of hydrogen-bond donors (Lipinski definition) is 4. The molecule has 10 heteroatoms. The van der Waals surface area contributed by atoms with Crippen LogP contribution in [-0.2, 0) is 14.6 Å². The Morgan fingerprint density at radius 3 is 2.38 bits per heavy atom. The van der Waals surface area contributed by atoms with Gasteiger partial charge in [0.25, 0.3) is 5.91 Å². The van der Waals surface area contributed by atoms with Gasteiger partial charge in [-0.05, 0) is 0 Å². The van der Waals surface area contributed by atoms with Crippen LogP contribution in [0, 0.1) is 0 Å². The van der Waals surface area contributed by atoms with E-state index in [4.69, 9.17) is 5.21 Å². The molecule has 0 saturated carbocycles. The third-order valence-corrected chi connectivity index (χ3v) is 3.87. The minimum Gasteiger partial charge on any atom is -0.411 e. The SMILES string of the molecule is O=C(CS(=O)(=O)C/C(=N/O)c1ccccc1)NNC(=S)S. The van der Waals surface area contributed by atoms with Crippen LogP contribution < -0.4 is 10.9 Å². The molecule has 1 aromatic carbocycles. The third-order valence-electron chi connectivity index (χ3n) is 2.24. The molecule has 1 rings (SSSR count). The Morgan fingerprint density at radius 2 is 1.86 bits per heavy atom. The zero-order valence-electron chi connectivity index (χ0n) is 10.7. The summed E-state index contributed by atoms with van der Waals surface area (Å²) in [6.45, 7) is 0. The first-order valence-corrected chi connectivity index (χ1v) is 8.26. The fourth-order valence-corrected chi connectivity index (χ4v) is 2.74. The van der Waals surface area contributed by atoms with Crippen LogP contribution in [0.4, 0.5) is 0 Å². The van der Waals surface area contributed by atoms with E-state index in [0.717, 1.165) is 0 Å². The lowest BCUT2D eigenvalue weighted by atomic mass is 10.1. The Bertz CT molecular complexity index is 644. The molecule has 0 saturated heterocycles. The highest BCUT2D eigenvalue weighted by atomic mass is 32.2. The first-order chi connectivity index (χ1) is 9.84. The summed E-state index contributed by atoms with van der Waals surface area (Å²) < 4.78 is 23.8. The van der Waals surface area contributed by atoms with Crippen molar-refractivity contribution in [1.82, 2.24) is 10.9 Å². The molecule has 0 aliphatic rings. The van der Waals surface area contributed by atoms with E-state index < -0.39 is 27.3 Å². The summed E-state index contributed by atoms with van der Waals surface area (Å²) in [7, 11) is -3.80. The lowest BCUT2D eigenvalue weighted by Gasteiger charge is -2.08. The Balaban J connectivity index is 2.71. The molecule has 0 aliphatic carbocycles. The number of amides is 1. The van der Waals surface area contributed by atoms with Crippen molar-refractivity contribution in [2.45, 2.75) is 0 Å². The zero-order chi connectivity index (χ0) is 15.9. The fourth-order valence-electron chi connectivity index (χ4n) is 1.42. The van der Waals surface area contributed by atoms with Crippen molar-refractivity contribution < 1.29 is 18.4 Å². The molecule has 0 atom stereocenters. The summed E-state index contributed by atoms with van der Waals surface area (Å²) in [6.07, 6.45) is 0. The minimum atomic E-state index is -3.80. The number of sulfone groups is 1. The summed E-state index contributed by atoms with van der Waals surface area (Å²) in [5.74, 6) is -2.13. The second-order valence-electron chi connectivity index (χ2n) is 3.92. The zero-order valence-corrected chi connectivity index (χ0v) is 13.2. The Kier molecular flexibility index (Phi) is 6.59. The van der Waals surface area contributed by atoms with Crippen LogP contribution in [-0.4, -0.2) is 41.1 Å². The highest BCUT2D eigenvalue weighted by Crippen LogP contribution is 2.04.